The molecule has 1 spiro atoms. The molecular formula is C11H20N2O2. The van der Waals surface area contributed by atoms with Gasteiger partial charge in [0.15, 0.2) is 0 Å². The van der Waals surface area contributed by atoms with Gasteiger partial charge in [0.1, 0.15) is 0 Å². The Kier molecular flexibility index (Phi) is 2.98. The number of hydrogen-bond acceptors (Lipinski definition) is 3. The number of nitrogens with one attached hydrogen (secondary N) is 1. The summed E-state index contributed by atoms with van der Waals surface area (Å²) in [5, 5.41) is 11.9. The normalized spacial score (nSPS) is 30.8. The minimum Gasteiger partial charge on any atom is -0.396 e. The minimum absolute atomic E-state index is 0.119. The van der Waals surface area contributed by atoms with Crippen molar-refractivity contribution in [3.8, 4) is 0 Å². The third-order valence-electron chi connectivity index (χ3n) is 3.88. The fraction of sp³-hybridized carbons (Fsp3) is 0.909. The van der Waals surface area contributed by atoms with Gasteiger partial charge in [-0.15, -0.1) is 0 Å². The van der Waals surface area contributed by atoms with Gasteiger partial charge in [-0.3, -0.25) is 4.79 Å². The van der Waals surface area contributed by atoms with E-state index >= 15 is 0 Å². The highest BCUT2D eigenvalue weighted by Gasteiger charge is 2.47. The Hall–Kier alpha value is -0.610. The van der Waals surface area contributed by atoms with Crippen LogP contribution >= 0.6 is 0 Å². The smallest absolute Gasteiger partial charge is 0.226 e. The molecule has 0 radical (unpaired) electrons. The first-order valence-corrected chi connectivity index (χ1v) is 5.77. The largest absolute Gasteiger partial charge is 0.396 e. The van der Waals surface area contributed by atoms with Crippen LogP contribution in [0.4, 0.5) is 0 Å². The zero-order valence-corrected chi connectivity index (χ0v) is 9.33. The van der Waals surface area contributed by atoms with Crippen LogP contribution in [0, 0.1) is 5.41 Å². The highest BCUT2D eigenvalue weighted by atomic mass is 16.3. The Morgan fingerprint density at radius 3 is 2.80 bits per heavy atom. The number of likely N-dealkylation sites (tertiary alicyclic amines) is 1. The number of rotatable bonds is 2. The molecule has 2 saturated heterocycles. The van der Waals surface area contributed by atoms with Crippen LogP contribution in [-0.4, -0.2) is 48.7 Å². The molecule has 0 aliphatic carbocycles. The molecule has 2 N–H and O–H groups in total. The van der Waals surface area contributed by atoms with Crippen LogP contribution in [0.25, 0.3) is 0 Å². The van der Waals surface area contributed by atoms with Crippen LogP contribution in [0.2, 0.25) is 0 Å². The highest BCUT2D eigenvalue weighted by Crippen LogP contribution is 2.40. The van der Waals surface area contributed by atoms with Crippen molar-refractivity contribution in [3.63, 3.8) is 0 Å². The number of aliphatic hydroxyl groups is 1. The molecule has 0 saturated carbocycles. The standard InChI is InChI=1S/C11H20N2O2/c1-13-5-3-11(4-6-13)8-9(2-7-14)12-10(11)15/h9,14H,2-8H2,1H3,(H,12,15)/t9-/m0/s1. The Bertz CT molecular complexity index is 247. The van der Waals surface area contributed by atoms with Crippen LogP contribution in [-0.2, 0) is 4.79 Å². The van der Waals surface area contributed by atoms with E-state index in [1.165, 1.54) is 0 Å². The van der Waals surface area contributed by atoms with Crippen molar-refractivity contribution in [2.45, 2.75) is 31.7 Å². The van der Waals surface area contributed by atoms with Gasteiger partial charge >= 0.3 is 0 Å². The lowest BCUT2D eigenvalue weighted by Gasteiger charge is -2.35. The number of hydrogen-bond donors (Lipinski definition) is 2. The van der Waals surface area contributed by atoms with Crippen molar-refractivity contribution in [1.29, 1.82) is 0 Å². The number of amides is 1. The van der Waals surface area contributed by atoms with E-state index in [9.17, 15) is 4.79 Å². The summed E-state index contributed by atoms with van der Waals surface area (Å²) in [5.74, 6) is 0.217. The summed E-state index contributed by atoms with van der Waals surface area (Å²) in [7, 11) is 2.10. The lowest BCUT2D eigenvalue weighted by Crippen LogP contribution is -2.42. The predicted octanol–water partition coefficient (Wildman–Crippen LogP) is -0.0307. The molecule has 0 bridgehead atoms. The van der Waals surface area contributed by atoms with E-state index in [0.717, 1.165) is 32.4 Å². The van der Waals surface area contributed by atoms with Crippen molar-refractivity contribution in [2.24, 2.45) is 5.41 Å². The van der Waals surface area contributed by atoms with Gasteiger partial charge in [0.05, 0.1) is 5.41 Å². The van der Waals surface area contributed by atoms with E-state index in [-0.39, 0.29) is 24.0 Å². The number of piperidine rings is 1. The molecule has 2 aliphatic heterocycles. The quantitative estimate of drug-likeness (QED) is 0.676. The lowest BCUT2D eigenvalue weighted by atomic mass is 9.76. The SMILES string of the molecule is CN1CCC2(CC1)C[C@H](CCO)NC2=O. The second-order valence-electron chi connectivity index (χ2n) is 4.97. The summed E-state index contributed by atoms with van der Waals surface area (Å²) >= 11 is 0. The van der Waals surface area contributed by atoms with Gasteiger partial charge < -0.3 is 15.3 Å². The Balaban J connectivity index is 2.00. The van der Waals surface area contributed by atoms with E-state index in [1.54, 1.807) is 0 Å². The van der Waals surface area contributed by atoms with Gasteiger partial charge in [0.25, 0.3) is 0 Å². The summed E-state index contributed by atoms with van der Waals surface area (Å²) in [5.41, 5.74) is -0.119. The van der Waals surface area contributed by atoms with Crippen molar-refractivity contribution in [3.05, 3.63) is 0 Å². The summed E-state index contributed by atoms with van der Waals surface area (Å²) in [6.07, 6.45) is 3.55. The van der Waals surface area contributed by atoms with Gasteiger partial charge in [-0.2, -0.15) is 0 Å². The molecule has 0 aromatic rings. The molecule has 0 unspecified atom stereocenters. The average molecular weight is 212 g/mol. The maximum Gasteiger partial charge on any atom is 0.226 e. The first kappa shape index (κ1) is 10.9. The van der Waals surface area contributed by atoms with Crippen LogP contribution in [0.1, 0.15) is 25.7 Å². The van der Waals surface area contributed by atoms with Crippen molar-refractivity contribution in [2.75, 3.05) is 26.7 Å². The van der Waals surface area contributed by atoms with E-state index in [4.69, 9.17) is 5.11 Å². The molecule has 2 fully saturated rings. The molecule has 1 amide bonds. The second kappa shape index (κ2) is 4.10. The predicted molar refractivity (Wildman–Crippen MR) is 57.4 cm³/mol. The van der Waals surface area contributed by atoms with Gasteiger partial charge in [0, 0.05) is 12.6 Å². The Morgan fingerprint density at radius 2 is 2.20 bits per heavy atom. The topological polar surface area (TPSA) is 52.6 Å². The number of carbonyl (C=O) groups is 1. The van der Waals surface area contributed by atoms with Gasteiger partial charge in [-0.25, -0.2) is 0 Å². The summed E-state index contributed by atoms with van der Waals surface area (Å²) in [4.78, 5) is 14.2. The van der Waals surface area contributed by atoms with Crippen molar-refractivity contribution < 1.29 is 9.90 Å². The molecule has 0 aromatic heterocycles. The van der Waals surface area contributed by atoms with Crippen molar-refractivity contribution >= 4 is 5.91 Å². The summed E-state index contributed by atoms with van der Waals surface area (Å²) in [6.45, 7) is 2.19. The van der Waals surface area contributed by atoms with Crippen LogP contribution in [0.5, 0.6) is 0 Å². The van der Waals surface area contributed by atoms with Gasteiger partial charge in [0.2, 0.25) is 5.91 Å². The molecule has 2 heterocycles. The van der Waals surface area contributed by atoms with Crippen LogP contribution in [0.15, 0.2) is 0 Å². The fourth-order valence-electron chi connectivity index (χ4n) is 2.76. The lowest BCUT2D eigenvalue weighted by molar-refractivity contribution is -0.129. The Labute approximate surface area is 90.6 Å². The first-order chi connectivity index (χ1) is 7.16. The summed E-state index contributed by atoms with van der Waals surface area (Å²) in [6, 6.07) is 0.200. The van der Waals surface area contributed by atoms with Crippen LogP contribution in [0.3, 0.4) is 0 Å². The first-order valence-electron chi connectivity index (χ1n) is 5.77. The zero-order valence-electron chi connectivity index (χ0n) is 9.33. The molecular weight excluding hydrogens is 192 g/mol. The number of nitrogens with zero attached hydrogens (tertiary/aromatic N) is 1. The van der Waals surface area contributed by atoms with E-state index < -0.39 is 0 Å². The molecule has 0 aromatic carbocycles. The fourth-order valence-corrected chi connectivity index (χ4v) is 2.76. The molecule has 4 nitrogen and oxygen atoms in total. The molecule has 2 aliphatic rings. The van der Waals surface area contributed by atoms with E-state index in [0.29, 0.717) is 6.42 Å². The minimum atomic E-state index is -0.119. The maximum atomic E-state index is 11.9. The summed E-state index contributed by atoms with van der Waals surface area (Å²) < 4.78 is 0. The van der Waals surface area contributed by atoms with Crippen LogP contribution < -0.4 is 5.32 Å². The Morgan fingerprint density at radius 1 is 1.53 bits per heavy atom. The second-order valence-corrected chi connectivity index (χ2v) is 4.97. The number of carbonyl (C=O) groups excluding carboxylic acids is 1. The third-order valence-corrected chi connectivity index (χ3v) is 3.88. The third kappa shape index (κ3) is 2.01. The highest BCUT2D eigenvalue weighted by molar-refractivity contribution is 5.85. The monoisotopic (exact) mass is 212 g/mol. The van der Waals surface area contributed by atoms with Gasteiger partial charge in [-0.05, 0) is 45.8 Å². The van der Waals surface area contributed by atoms with E-state index in [1.807, 2.05) is 0 Å². The average Bonchev–Trinajstić information content (AvgIpc) is 2.50. The number of aliphatic hydroxyl groups excluding tert-OH is 1. The van der Waals surface area contributed by atoms with Gasteiger partial charge in [-0.1, -0.05) is 0 Å². The molecule has 86 valence electrons. The zero-order chi connectivity index (χ0) is 10.9. The molecule has 15 heavy (non-hydrogen) atoms. The molecule has 2 rings (SSSR count). The molecule has 4 heteroatoms. The van der Waals surface area contributed by atoms with Crippen molar-refractivity contribution in [1.82, 2.24) is 10.2 Å². The maximum absolute atomic E-state index is 11.9. The molecule has 1 atom stereocenters. The van der Waals surface area contributed by atoms with E-state index in [2.05, 4.69) is 17.3 Å².